The number of aryl methyl sites for hydroxylation is 1. The van der Waals surface area contributed by atoms with Crippen LogP contribution in [0.15, 0.2) is 48.7 Å². The molecular formula is C15H18N2. The van der Waals surface area contributed by atoms with E-state index in [1.165, 1.54) is 11.1 Å². The number of likely N-dealkylation sites (N-methyl/N-ethyl adjacent to an activating group) is 1. The van der Waals surface area contributed by atoms with E-state index in [0.29, 0.717) is 0 Å². The van der Waals surface area contributed by atoms with Crippen LogP contribution in [-0.4, -0.2) is 18.6 Å². The van der Waals surface area contributed by atoms with Crippen LogP contribution in [0, 0.1) is 6.92 Å². The fourth-order valence-corrected chi connectivity index (χ4v) is 1.74. The largest absolute Gasteiger partial charge is 0.359 e. The van der Waals surface area contributed by atoms with Gasteiger partial charge in [-0.1, -0.05) is 36.4 Å². The van der Waals surface area contributed by atoms with Crippen LogP contribution in [-0.2, 0) is 6.42 Å². The molecule has 0 unspecified atom stereocenters. The first kappa shape index (κ1) is 11.6. The summed E-state index contributed by atoms with van der Waals surface area (Å²) in [7, 11) is 2.08. The van der Waals surface area contributed by atoms with Gasteiger partial charge < -0.3 is 4.90 Å². The lowest BCUT2D eigenvalue weighted by Crippen LogP contribution is -2.21. The molecule has 0 saturated heterocycles. The summed E-state index contributed by atoms with van der Waals surface area (Å²) in [6.45, 7) is 3.04. The zero-order valence-corrected chi connectivity index (χ0v) is 10.4. The van der Waals surface area contributed by atoms with E-state index < -0.39 is 0 Å². The Balaban J connectivity index is 1.93. The molecule has 1 aromatic heterocycles. The lowest BCUT2D eigenvalue weighted by atomic mass is 10.1. The zero-order chi connectivity index (χ0) is 12.1. The molecule has 1 heterocycles. The van der Waals surface area contributed by atoms with Gasteiger partial charge >= 0.3 is 0 Å². The Kier molecular flexibility index (Phi) is 3.76. The van der Waals surface area contributed by atoms with Gasteiger partial charge in [0, 0.05) is 19.8 Å². The van der Waals surface area contributed by atoms with Gasteiger partial charge in [-0.05, 0) is 30.5 Å². The monoisotopic (exact) mass is 226 g/mol. The highest BCUT2D eigenvalue weighted by Gasteiger charge is 2.01. The second-order valence-corrected chi connectivity index (χ2v) is 4.35. The number of anilines is 1. The van der Waals surface area contributed by atoms with Gasteiger partial charge in [-0.15, -0.1) is 0 Å². The Labute approximate surface area is 103 Å². The average molecular weight is 226 g/mol. The molecule has 2 aromatic rings. The van der Waals surface area contributed by atoms with Crippen molar-refractivity contribution in [1.29, 1.82) is 0 Å². The molecule has 1 aromatic carbocycles. The van der Waals surface area contributed by atoms with Crippen LogP contribution in [0.1, 0.15) is 11.1 Å². The molecule has 0 aliphatic heterocycles. The van der Waals surface area contributed by atoms with Crippen molar-refractivity contribution in [2.75, 3.05) is 18.5 Å². The number of hydrogen-bond acceptors (Lipinski definition) is 2. The third-order valence-corrected chi connectivity index (χ3v) is 2.87. The normalized spacial score (nSPS) is 10.2. The van der Waals surface area contributed by atoms with Crippen LogP contribution < -0.4 is 4.90 Å². The topological polar surface area (TPSA) is 16.1 Å². The minimum absolute atomic E-state index is 0.986. The number of benzene rings is 1. The third-order valence-electron chi connectivity index (χ3n) is 2.87. The quantitative estimate of drug-likeness (QED) is 0.796. The minimum atomic E-state index is 0.986. The predicted molar refractivity (Wildman–Crippen MR) is 72.4 cm³/mol. The Bertz CT molecular complexity index is 448. The Morgan fingerprint density at radius 1 is 1.06 bits per heavy atom. The Morgan fingerprint density at radius 2 is 1.82 bits per heavy atom. The van der Waals surface area contributed by atoms with Crippen LogP contribution in [0.4, 0.5) is 5.82 Å². The van der Waals surface area contributed by atoms with Crippen molar-refractivity contribution in [3.8, 4) is 0 Å². The fraction of sp³-hybridized carbons (Fsp3) is 0.267. The van der Waals surface area contributed by atoms with Crippen LogP contribution in [0.25, 0.3) is 0 Å². The lowest BCUT2D eigenvalue weighted by molar-refractivity contribution is 0.859. The van der Waals surface area contributed by atoms with Gasteiger partial charge in [0.15, 0.2) is 0 Å². The van der Waals surface area contributed by atoms with Crippen LogP contribution in [0.2, 0.25) is 0 Å². The third kappa shape index (κ3) is 3.31. The maximum Gasteiger partial charge on any atom is 0.128 e. The van der Waals surface area contributed by atoms with Crippen molar-refractivity contribution in [3.05, 3.63) is 59.8 Å². The number of pyridine rings is 1. The van der Waals surface area contributed by atoms with E-state index in [1.54, 1.807) is 0 Å². The molecule has 0 bridgehead atoms. The molecule has 88 valence electrons. The second kappa shape index (κ2) is 5.48. The number of hydrogen-bond donors (Lipinski definition) is 0. The van der Waals surface area contributed by atoms with Gasteiger partial charge in [-0.25, -0.2) is 4.98 Å². The summed E-state index contributed by atoms with van der Waals surface area (Å²) in [4.78, 5) is 6.60. The molecule has 17 heavy (non-hydrogen) atoms. The summed E-state index contributed by atoms with van der Waals surface area (Å²) in [5.41, 5.74) is 2.57. The molecule has 2 rings (SSSR count). The minimum Gasteiger partial charge on any atom is -0.359 e. The summed E-state index contributed by atoms with van der Waals surface area (Å²) in [6, 6.07) is 14.7. The summed E-state index contributed by atoms with van der Waals surface area (Å²) in [5, 5.41) is 0. The van der Waals surface area contributed by atoms with E-state index >= 15 is 0 Å². The second-order valence-electron chi connectivity index (χ2n) is 4.35. The summed E-state index contributed by atoms with van der Waals surface area (Å²) >= 11 is 0. The molecule has 0 fully saturated rings. The first-order valence-electron chi connectivity index (χ1n) is 5.93. The van der Waals surface area contributed by atoms with Crippen molar-refractivity contribution in [2.24, 2.45) is 0 Å². The fourth-order valence-electron chi connectivity index (χ4n) is 1.74. The molecule has 0 saturated carbocycles. The molecule has 2 heteroatoms. The van der Waals surface area contributed by atoms with E-state index in [2.05, 4.69) is 66.3 Å². The standard InChI is InChI=1S/C15H18N2/c1-13-8-9-15(16-12-13)17(2)11-10-14-6-4-3-5-7-14/h3-9,12H,10-11H2,1-2H3. The lowest BCUT2D eigenvalue weighted by Gasteiger charge is -2.18. The van der Waals surface area contributed by atoms with Crippen LogP contribution >= 0.6 is 0 Å². The van der Waals surface area contributed by atoms with Gasteiger partial charge in [-0.2, -0.15) is 0 Å². The van der Waals surface area contributed by atoms with Gasteiger partial charge in [0.25, 0.3) is 0 Å². The van der Waals surface area contributed by atoms with Gasteiger partial charge in [-0.3, -0.25) is 0 Å². The molecule has 0 amide bonds. The molecule has 0 N–H and O–H groups in total. The maximum atomic E-state index is 4.42. The van der Waals surface area contributed by atoms with E-state index in [4.69, 9.17) is 0 Å². The highest BCUT2D eigenvalue weighted by Crippen LogP contribution is 2.10. The van der Waals surface area contributed by atoms with Gasteiger partial charge in [0.2, 0.25) is 0 Å². The first-order valence-corrected chi connectivity index (χ1v) is 5.93. The molecule has 2 nitrogen and oxygen atoms in total. The van der Waals surface area contributed by atoms with E-state index in [-0.39, 0.29) is 0 Å². The number of aromatic nitrogens is 1. The zero-order valence-electron chi connectivity index (χ0n) is 10.4. The summed E-state index contributed by atoms with van der Waals surface area (Å²) < 4.78 is 0. The predicted octanol–water partition coefficient (Wildman–Crippen LogP) is 3.07. The number of nitrogens with zero attached hydrogens (tertiary/aromatic N) is 2. The molecule has 0 atom stereocenters. The summed E-state index contributed by atoms with van der Waals surface area (Å²) in [5.74, 6) is 1.03. The van der Waals surface area contributed by atoms with Crippen molar-refractivity contribution in [2.45, 2.75) is 13.3 Å². The molecular weight excluding hydrogens is 208 g/mol. The molecule has 0 aliphatic rings. The van der Waals surface area contributed by atoms with E-state index in [1.807, 2.05) is 6.20 Å². The maximum absolute atomic E-state index is 4.42. The Hall–Kier alpha value is -1.83. The first-order chi connectivity index (χ1) is 8.25. The molecule has 0 radical (unpaired) electrons. The number of rotatable bonds is 4. The SMILES string of the molecule is Cc1ccc(N(C)CCc2ccccc2)nc1. The van der Waals surface area contributed by atoms with Crippen LogP contribution in [0.5, 0.6) is 0 Å². The smallest absolute Gasteiger partial charge is 0.128 e. The van der Waals surface area contributed by atoms with E-state index in [9.17, 15) is 0 Å². The molecule has 0 aliphatic carbocycles. The van der Waals surface area contributed by atoms with Crippen LogP contribution in [0.3, 0.4) is 0 Å². The van der Waals surface area contributed by atoms with Crippen molar-refractivity contribution in [3.63, 3.8) is 0 Å². The van der Waals surface area contributed by atoms with Crippen molar-refractivity contribution >= 4 is 5.82 Å². The van der Waals surface area contributed by atoms with Crippen molar-refractivity contribution in [1.82, 2.24) is 4.98 Å². The average Bonchev–Trinajstić information content (AvgIpc) is 2.38. The van der Waals surface area contributed by atoms with E-state index in [0.717, 1.165) is 18.8 Å². The van der Waals surface area contributed by atoms with Crippen molar-refractivity contribution < 1.29 is 0 Å². The summed E-state index contributed by atoms with van der Waals surface area (Å²) in [6.07, 6.45) is 2.96. The molecule has 0 spiro atoms. The Morgan fingerprint density at radius 3 is 2.47 bits per heavy atom. The van der Waals surface area contributed by atoms with Gasteiger partial charge in [0.1, 0.15) is 5.82 Å². The highest BCUT2D eigenvalue weighted by molar-refractivity contribution is 5.38. The highest BCUT2D eigenvalue weighted by atomic mass is 15.2. The van der Waals surface area contributed by atoms with Gasteiger partial charge in [0.05, 0.1) is 0 Å².